The molecule has 1 aromatic carbocycles. The molecule has 1 saturated carbocycles. The van der Waals surface area contributed by atoms with E-state index in [4.69, 9.17) is 11.6 Å². The van der Waals surface area contributed by atoms with E-state index >= 15 is 0 Å². The summed E-state index contributed by atoms with van der Waals surface area (Å²) in [6.07, 6.45) is 2.11. The molecule has 1 aliphatic carbocycles. The summed E-state index contributed by atoms with van der Waals surface area (Å²) in [5.41, 5.74) is 0.974. The van der Waals surface area contributed by atoms with Crippen LogP contribution < -0.4 is 11.0 Å². The van der Waals surface area contributed by atoms with Gasteiger partial charge in [0, 0.05) is 22.5 Å². The van der Waals surface area contributed by atoms with Gasteiger partial charge >= 0.3 is 5.69 Å². The van der Waals surface area contributed by atoms with Crippen LogP contribution in [0.25, 0.3) is 0 Å². The van der Waals surface area contributed by atoms with E-state index in [1.807, 2.05) is 25.2 Å². The topological polar surface area (TPSA) is 62.7 Å². The van der Waals surface area contributed by atoms with Crippen molar-refractivity contribution in [2.45, 2.75) is 35.5 Å². The number of nitrogens with zero attached hydrogens (tertiary/aromatic N) is 2. The zero-order valence-electron chi connectivity index (χ0n) is 11.0. The number of hydrogen-bond acceptors (Lipinski definition) is 4. The number of benzene rings is 1. The van der Waals surface area contributed by atoms with Crippen molar-refractivity contribution >= 4 is 23.4 Å². The molecule has 1 heterocycles. The standard InChI is InChI=1S/C13H15ClN4OS/c1-15-7-8-6-9(14)2-5-11(8)20-13-17-16-12(19)18(13)10-3-4-10/h2,5-6,10,15H,3-4,7H2,1H3,(H,16,19). The summed E-state index contributed by atoms with van der Waals surface area (Å²) in [6.45, 7) is 0.723. The second kappa shape index (κ2) is 5.63. The van der Waals surface area contributed by atoms with Gasteiger partial charge in [-0.25, -0.2) is 9.89 Å². The largest absolute Gasteiger partial charge is 0.344 e. The monoisotopic (exact) mass is 310 g/mol. The molecule has 0 atom stereocenters. The van der Waals surface area contributed by atoms with Crippen molar-refractivity contribution in [3.05, 3.63) is 39.3 Å². The maximum atomic E-state index is 11.8. The Morgan fingerprint density at radius 1 is 1.55 bits per heavy atom. The van der Waals surface area contributed by atoms with Gasteiger partial charge < -0.3 is 5.32 Å². The lowest BCUT2D eigenvalue weighted by atomic mass is 10.2. The minimum atomic E-state index is -0.126. The average Bonchev–Trinajstić information content (AvgIpc) is 3.18. The zero-order valence-corrected chi connectivity index (χ0v) is 12.6. The van der Waals surface area contributed by atoms with E-state index in [1.165, 1.54) is 11.8 Å². The molecule has 3 rings (SSSR count). The summed E-state index contributed by atoms with van der Waals surface area (Å²) in [5.74, 6) is 0. The van der Waals surface area contributed by atoms with Crippen molar-refractivity contribution in [3.8, 4) is 0 Å². The van der Waals surface area contributed by atoms with Crippen LogP contribution in [0.2, 0.25) is 5.02 Å². The Morgan fingerprint density at radius 3 is 3.05 bits per heavy atom. The van der Waals surface area contributed by atoms with Crippen molar-refractivity contribution in [1.29, 1.82) is 0 Å². The number of hydrogen-bond donors (Lipinski definition) is 2. The van der Waals surface area contributed by atoms with Gasteiger partial charge in [0.25, 0.3) is 0 Å². The number of H-pyrrole nitrogens is 1. The van der Waals surface area contributed by atoms with Crippen molar-refractivity contribution in [2.24, 2.45) is 0 Å². The third-order valence-corrected chi connectivity index (χ3v) is 4.50. The minimum absolute atomic E-state index is 0.126. The molecule has 0 amide bonds. The van der Waals surface area contributed by atoms with Gasteiger partial charge in [-0.1, -0.05) is 11.6 Å². The van der Waals surface area contributed by atoms with Crippen LogP contribution in [0.3, 0.4) is 0 Å². The SMILES string of the molecule is CNCc1cc(Cl)ccc1Sc1n[nH]c(=O)n1C1CC1. The first kappa shape index (κ1) is 13.7. The lowest BCUT2D eigenvalue weighted by Crippen LogP contribution is -2.16. The van der Waals surface area contributed by atoms with Crippen LogP contribution in [0.1, 0.15) is 24.4 Å². The molecule has 0 unspecified atom stereocenters. The maximum absolute atomic E-state index is 11.8. The lowest BCUT2D eigenvalue weighted by Gasteiger charge is -2.09. The number of halogens is 1. The molecular formula is C13H15ClN4OS. The summed E-state index contributed by atoms with van der Waals surface area (Å²) in [5, 5.41) is 11.2. The molecular weight excluding hydrogens is 296 g/mol. The van der Waals surface area contributed by atoms with Crippen LogP contribution >= 0.6 is 23.4 Å². The third-order valence-electron chi connectivity index (χ3n) is 3.18. The Kier molecular flexibility index (Phi) is 3.87. The van der Waals surface area contributed by atoms with Crippen LogP contribution in [0.15, 0.2) is 33.0 Å². The highest BCUT2D eigenvalue weighted by molar-refractivity contribution is 7.99. The van der Waals surface area contributed by atoms with E-state index in [9.17, 15) is 4.79 Å². The molecule has 2 aromatic rings. The molecule has 0 bridgehead atoms. The predicted octanol–water partition coefficient (Wildman–Crippen LogP) is 2.43. The Morgan fingerprint density at radius 2 is 2.35 bits per heavy atom. The van der Waals surface area contributed by atoms with Gasteiger partial charge in [-0.05, 0) is 55.4 Å². The Labute approximate surface area is 125 Å². The number of nitrogens with one attached hydrogen (secondary N) is 2. The fourth-order valence-electron chi connectivity index (χ4n) is 2.09. The normalized spacial score (nSPS) is 14.7. The molecule has 0 radical (unpaired) electrons. The fourth-order valence-corrected chi connectivity index (χ4v) is 3.30. The van der Waals surface area contributed by atoms with Crippen LogP contribution in [-0.4, -0.2) is 21.8 Å². The van der Waals surface area contributed by atoms with Gasteiger partial charge in [0.1, 0.15) is 0 Å². The van der Waals surface area contributed by atoms with Gasteiger partial charge in [-0.2, -0.15) is 0 Å². The molecule has 1 aliphatic rings. The molecule has 106 valence electrons. The van der Waals surface area contributed by atoms with Gasteiger partial charge in [-0.3, -0.25) is 4.57 Å². The zero-order chi connectivity index (χ0) is 14.1. The Hall–Kier alpha value is -1.24. The quantitative estimate of drug-likeness (QED) is 0.890. The molecule has 0 aliphatic heterocycles. The fraction of sp³-hybridized carbons (Fsp3) is 0.385. The number of aromatic amines is 1. The lowest BCUT2D eigenvalue weighted by molar-refractivity contribution is 0.642. The molecule has 0 spiro atoms. The van der Waals surface area contributed by atoms with Gasteiger partial charge in [-0.15, -0.1) is 5.10 Å². The maximum Gasteiger partial charge on any atom is 0.344 e. The van der Waals surface area contributed by atoms with E-state index < -0.39 is 0 Å². The summed E-state index contributed by atoms with van der Waals surface area (Å²) in [7, 11) is 1.89. The summed E-state index contributed by atoms with van der Waals surface area (Å²) in [4.78, 5) is 12.8. The molecule has 2 N–H and O–H groups in total. The van der Waals surface area contributed by atoms with E-state index in [-0.39, 0.29) is 5.69 Å². The van der Waals surface area contributed by atoms with Gasteiger partial charge in [0.15, 0.2) is 5.16 Å². The van der Waals surface area contributed by atoms with Crippen LogP contribution in [-0.2, 0) is 6.54 Å². The van der Waals surface area contributed by atoms with E-state index in [0.717, 1.165) is 35.0 Å². The summed E-state index contributed by atoms with van der Waals surface area (Å²) < 4.78 is 1.75. The smallest absolute Gasteiger partial charge is 0.316 e. The third kappa shape index (κ3) is 2.77. The first-order valence-electron chi connectivity index (χ1n) is 6.47. The summed E-state index contributed by atoms with van der Waals surface area (Å²) in [6, 6.07) is 6.07. The number of rotatable bonds is 5. The van der Waals surface area contributed by atoms with Crippen molar-refractivity contribution in [1.82, 2.24) is 20.1 Å². The van der Waals surface area contributed by atoms with Gasteiger partial charge in [0.2, 0.25) is 0 Å². The first-order chi connectivity index (χ1) is 9.69. The molecule has 7 heteroatoms. The molecule has 1 fully saturated rings. The highest BCUT2D eigenvalue weighted by Gasteiger charge is 2.28. The Bertz CT molecular complexity index is 677. The van der Waals surface area contributed by atoms with Crippen LogP contribution in [0, 0.1) is 0 Å². The van der Waals surface area contributed by atoms with Crippen molar-refractivity contribution < 1.29 is 0 Å². The second-order valence-corrected chi connectivity index (χ2v) is 6.24. The molecule has 0 saturated heterocycles. The van der Waals surface area contributed by atoms with Crippen LogP contribution in [0.5, 0.6) is 0 Å². The van der Waals surface area contributed by atoms with E-state index in [1.54, 1.807) is 4.57 Å². The van der Waals surface area contributed by atoms with Crippen molar-refractivity contribution in [2.75, 3.05) is 7.05 Å². The second-order valence-electron chi connectivity index (χ2n) is 4.80. The van der Waals surface area contributed by atoms with Crippen molar-refractivity contribution in [3.63, 3.8) is 0 Å². The highest BCUT2D eigenvalue weighted by Crippen LogP contribution is 2.38. The number of aromatic nitrogens is 3. The Balaban J connectivity index is 1.93. The minimum Gasteiger partial charge on any atom is -0.316 e. The molecule has 1 aromatic heterocycles. The first-order valence-corrected chi connectivity index (χ1v) is 7.66. The van der Waals surface area contributed by atoms with E-state index in [2.05, 4.69) is 15.5 Å². The van der Waals surface area contributed by atoms with Gasteiger partial charge in [0.05, 0.1) is 0 Å². The molecule has 20 heavy (non-hydrogen) atoms. The predicted molar refractivity (Wildman–Crippen MR) is 79.5 cm³/mol. The average molecular weight is 311 g/mol. The highest BCUT2D eigenvalue weighted by atomic mass is 35.5. The van der Waals surface area contributed by atoms with E-state index in [0.29, 0.717) is 11.1 Å². The summed E-state index contributed by atoms with van der Waals surface area (Å²) >= 11 is 7.54. The van der Waals surface area contributed by atoms with Crippen LogP contribution in [0.4, 0.5) is 0 Å². The molecule has 5 nitrogen and oxygen atoms in total.